The predicted octanol–water partition coefficient (Wildman–Crippen LogP) is 2.95. The molecule has 20 heavy (non-hydrogen) atoms. The molecule has 2 N–H and O–H groups in total. The van der Waals surface area contributed by atoms with Crippen molar-refractivity contribution in [2.24, 2.45) is 5.73 Å². The van der Waals surface area contributed by atoms with Gasteiger partial charge in [0, 0.05) is 11.3 Å². The SMILES string of the molecule is CCc1nn(-c2ccccc2F)c2c1C(CN)CCC2. The fourth-order valence-electron chi connectivity index (χ4n) is 3.21. The van der Waals surface area contributed by atoms with Crippen LogP contribution in [0.2, 0.25) is 0 Å². The van der Waals surface area contributed by atoms with Crippen molar-refractivity contribution < 1.29 is 4.39 Å². The van der Waals surface area contributed by atoms with Crippen LogP contribution in [0.5, 0.6) is 0 Å². The molecule has 2 aromatic rings. The van der Waals surface area contributed by atoms with Gasteiger partial charge in [-0.1, -0.05) is 19.1 Å². The summed E-state index contributed by atoms with van der Waals surface area (Å²) in [5, 5.41) is 4.66. The minimum atomic E-state index is -0.227. The van der Waals surface area contributed by atoms with Crippen molar-refractivity contribution in [2.75, 3.05) is 6.54 Å². The molecule has 106 valence electrons. The number of fused-ring (bicyclic) bond motifs is 1. The summed E-state index contributed by atoms with van der Waals surface area (Å²) in [6.07, 6.45) is 4.02. The molecule has 1 aliphatic carbocycles. The maximum absolute atomic E-state index is 14.1. The Morgan fingerprint density at radius 2 is 2.20 bits per heavy atom. The van der Waals surface area contributed by atoms with E-state index >= 15 is 0 Å². The second-order valence-corrected chi connectivity index (χ2v) is 5.35. The van der Waals surface area contributed by atoms with E-state index in [2.05, 4.69) is 12.0 Å². The highest BCUT2D eigenvalue weighted by molar-refractivity contribution is 5.41. The number of hydrogen-bond donors (Lipinski definition) is 1. The van der Waals surface area contributed by atoms with Crippen LogP contribution in [0.1, 0.15) is 42.6 Å². The zero-order chi connectivity index (χ0) is 14.1. The van der Waals surface area contributed by atoms with Crippen LogP contribution in [-0.4, -0.2) is 16.3 Å². The lowest BCUT2D eigenvalue weighted by molar-refractivity contribution is 0.543. The summed E-state index contributed by atoms with van der Waals surface area (Å²) in [6.45, 7) is 2.74. The second kappa shape index (κ2) is 5.37. The van der Waals surface area contributed by atoms with Crippen LogP contribution >= 0.6 is 0 Å². The molecule has 1 heterocycles. The molecule has 1 atom stereocenters. The molecule has 1 aliphatic rings. The smallest absolute Gasteiger partial charge is 0.148 e. The molecule has 0 spiro atoms. The second-order valence-electron chi connectivity index (χ2n) is 5.35. The van der Waals surface area contributed by atoms with E-state index < -0.39 is 0 Å². The lowest BCUT2D eigenvalue weighted by Gasteiger charge is -2.22. The zero-order valence-corrected chi connectivity index (χ0v) is 11.8. The maximum Gasteiger partial charge on any atom is 0.148 e. The Hall–Kier alpha value is -1.68. The first kappa shape index (κ1) is 13.3. The number of para-hydroxylation sites is 1. The van der Waals surface area contributed by atoms with E-state index in [9.17, 15) is 4.39 Å². The van der Waals surface area contributed by atoms with Crippen molar-refractivity contribution in [3.63, 3.8) is 0 Å². The monoisotopic (exact) mass is 273 g/mol. The van der Waals surface area contributed by atoms with E-state index in [-0.39, 0.29) is 5.82 Å². The van der Waals surface area contributed by atoms with Gasteiger partial charge in [0.1, 0.15) is 11.5 Å². The highest BCUT2D eigenvalue weighted by Gasteiger charge is 2.28. The summed E-state index contributed by atoms with van der Waals surface area (Å²) >= 11 is 0. The zero-order valence-electron chi connectivity index (χ0n) is 11.8. The fraction of sp³-hybridized carbons (Fsp3) is 0.438. The van der Waals surface area contributed by atoms with Gasteiger partial charge in [0.05, 0.1) is 5.69 Å². The highest BCUT2D eigenvalue weighted by atomic mass is 19.1. The molecule has 1 aromatic carbocycles. The maximum atomic E-state index is 14.1. The Bertz CT molecular complexity index is 618. The van der Waals surface area contributed by atoms with Gasteiger partial charge in [0.25, 0.3) is 0 Å². The molecule has 0 saturated heterocycles. The van der Waals surface area contributed by atoms with E-state index in [4.69, 9.17) is 5.73 Å². The third-order valence-electron chi connectivity index (χ3n) is 4.17. The number of aromatic nitrogens is 2. The third-order valence-corrected chi connectivity index (χ3v) is 4.17. The van der Waals surface area contributed by atoms with Gasteiger partial charge in [0.15, 0.2) is 0 Å². The van der Waals surface area contributed by atoms with Crippen LogP contribution in [0.3, 0.4) is 0 Å². The molecule has 0 bridgehead atoms. The van der Waals surface area contributed by atoms with Gasteiger partial charge in [-0.3, -0.25) is 0 Å². The Labute approximate surface area is 118 Å². The minimum Gasteiger partial charge on any atom is -0.330 e. The lowest BCUT2D eigenvalue weighted by atomic mass is 9.85. The number of aryl methyl sites for hydroxylation is 1. The Balaban J connectivity index is 2.19. The van der Waals surface area contributed by atoms with Gasteiger partial charge < -0.3 is 5.73 Å². The third kappa shape index (κ3) is 2.04. The van der Waals surface area contributed by atoms with E-state index in [0.29, 0.717) is 18.2 Å². The van der Waals surface area contributed by atoms with Gasteiger partial charge >= 0.3 is 0 Å². The van der Waals surface area contributed by atoms with E-state index in [1.807, 2.05) is 6.07 Å². The Morgan fingerprint density at radius 3 is 2.90 bits per heavy atom. The standard InChI is InChI=1S/C16H20FN3/c1-2-13-16-11(10-18)6-5-9-15(16)20(19-13)14-8-4-3-7-12(14)17/h3-4,7-8,11H,2,5-6,9-10,18H2,1H3. The predicted molar refractivity (Wildman–Crippen MR) is 77.6 cm³/mol. The molecule has 0 saturated carbocycles. The number of hydrogen-bond acceptors (Lipinski definition) is 2. The van der Waals surface area contributed by atoms with E-state index in [1.54, 1.807) is 16.8 Å². The van der Waals surface area contributed by atoms with Gasteiger partial charge in [-0.25, -0.2) is 9.07 Å². The van der Waals surface area contributed by atoms with Crippen molar-refractivity contribution in [3.05, 3.63) is 47.0 Å². The highest BCUT2D eigenvalue weighted by Crippen LogP contribution is 2.35. The first-order valence-corrected chi connectivity index (χ1v) is 7.31. The summed E-state index contributed by atoms with van der Waals surface area (Å²) in [4.78, 5) is 0. The molecule has 1 unspecified atom stereocenters. The van der Waals surface area contributed by atoms with Gasteiger partial charge in [-0.2, -0.15) is 5.10 Å². The van der Waals surface area contributed by atoms with Crippen molar-refractivity contribution in [2.45, 2.75) is 38.5 Å². The van der Waals surface area contributed by atoms with Crippen molar-refractivity contribution in [1.82, 2.24) is 9.78 Å². The first-order valence-electron chi connectivity index (χ1n) is 7.31. The molecular formula is C16H20FN3. The quantitative estimate of drug-likeness (QED) is 0.934. The van der Waals surface area contributed by atoms with Crippen LogP contribution < -0.4 is 5.73 Å². The average molecular weight is 273 g/mol. The topological polar surface area (TPSA) is 43.8 Å². The summed E-state index contributed by atoms with van der Waals surface area (Å²) in [7, 11) is 0. The summed E-state index contributed by atoms with van der Waals surface area (Å²) < 4.78 is 15.8. The minimum absolute atomic E-state index is 0.227. The summed E-state index contributed by atoms with van der Waals surface area (Å²) in [5.74, 6) is 0.143. The van der Waals surface area contributed by atoms with Crippen molar-refractivity contribution in [3.8, 4) is 5.69 Å². The number of nitrogens with two attached hydrogens (primary N) is 1. The van der Waals surface area contributed by atoms with Gasteiger partial charge in [0.2, 0.25) is 0 Å². The van der Waals surface area contributed by atoms with Crippen molar-refractivity contribution in [1.29, 1.82) is 0 Å². The van der Waals surface area contributed by atoms with Gasteiger partial charge in [-0.15, -0.1) is 0 Å². The molecule has 3 nitrogen and oxygen atoms in total. The normalized spacial score (nSPS) is 18.1. The molecule has 4 heteroatoms. The molecule has 0 aliphatic heterocycles. The number of halogens is 1. The van der Waals surface area contributed by atoms with Crippen LogP contribution in [0.15, 0.2) is 24.3 Å². The van der Waals surface area contributed by atoms with Crippen LogP contribution in [0.25, 0.3) is 5.69 Å². The molecule has 0 fully saturated rings. The largest absolute Gasteiger partial charge is 0.330 e. The van der Waals surface area contributed by atoms with E-state index in [1.165, 1.54) is 11.6 Å². The molecule has 0 radical (unpaired) electrons. The molecular weight excluding hydrogens is 253 g/mol. The number of rotatable bonds is 3. The average Bonchev–Trinajstić information content (AvgIpc) is 2.86. The van der Waals surface area contributed by atoms with Crippen LogP contribution in [0, 0.1) is 5.82 Å². The van der Waals surface area contributed by atoms with E-state index in [0.717, 1.165) is 37.1 Å². The molecule has 0 amide bonds. The number of nitrogens with zero attached hydrogens (tertiary/aromatic N) is 2. The first-order chi connectivity index (χ1) is 9.76. The van der Waals surface area contributed by atoms with Crippen LogP contribution in [-0.2, 0) is 12.8 Å². The molecule has 1 aromatic heterocycles. The van der Waals surface area contributed by atoms with Gasteiger partial charge in [-0.05, 0) is 50.3 Å². The summed E-state index contributed by atoms with van der Waals surface area (Å²) in [5.41, 5.74) is 9.93. The van der Waals surface area contributed by atoms with Crippen LogP contribution in [0.4, 0.5) is 4.39 Å². The number of benzene rings is 1. The lowest BCUT2D eigenvalue weighted by Crippen LogP contribution is -2.19. The fourth-order valence-corrected chi connectivity index (χ4v) is 3.21. The Kier molecular flexibility index (Phi) is 3.57. The Morgan fingerprint density at radius 1 is 1.40 bits per heavy atom. The molecule has 3 rings (SSSR count). The van der Waals surface area contributed by atoms with Crippen molar-refractivity contribution >= 4 is 0 Å². The summed E-state index contributed by atoms with van der Waals surface area (Å²) in [6, 6.07) is 6.83.